The molecule has 3 aromatic carbocycles. The molecule has 5 rings (SSSR count). The predicted molar refractivity (Wildman–Crippen MR) is 177 cm³/mol. The van der Waals surface area contributed by atoms with Gasteiger partial charge < -0.3 is 24.7 Å². The summed E-state index contributed by atoms with van der Waals surface area (Å²) in [4.78, 5) is 23.5. The number of methoxy groups -OCH3 is 1. The van der Waals surface area contributed by atoms with E-state index >= 15 is 0 Å². The van der Waals surface area contributed by atoms with Crippen LogP contribution in [0.1, 0.15) is 55.5 Å². The van der Waals surface area contributed by atoms with Gasteiger partial charge in [-0.15, -0.1) is 0 Å². The number of hydrogen-bond donors (Lipinski definition) is 2. The molecule has 0 aliphatic rings. The smallest absolute Gasteiger partial charge is 0.481 e. The number of rotatable bonds is 10. The van der Waals surface area contributed by atoms with Gasteiger partial charge in [0, 0.05) is 47.0 Å². The van der Waals surface area contributed by atoms with Crippen LogP contribution in [-0.4, -0.2) is 58.7 Å². The van der Waals surface area contributed by atoms with Gasteiger partial charge in [0.05, 0.1) is 12.8 Å². The Morgan fingerprint density at radius 2 is 1.67 bits per heavy atom. The molecule has 2 aromatic heterocycles. The lowest BCUT2D eigenvalue weighted by molar-refractivity contribution is 0.00516. The van der Waals surface area contributed by atoms with Gasteiger partial charge in [-0.05, 0) is 54.5 Å². The van der Waals surface area contributed by atoms with Crippen molar-refractivity contribution in [3.8, 4) is 17.0 Å². The highest BCUT2D eigenvalue weighted by molar-refractivity contribution is 5.87. The van der Waals surface area contributed by atoms with Crippen LogP contribution in [0.15, 0.2) is 97.3 Å². The Bertz CT molecular complexity index is 1790. The molecule has 5 aromatic rings. The minimum Gasteiger partial charge on any atom is -0.481 e. The Kier molecular flexibility index (Phi) is 9.00. The summed E-state index contributed by atoms with van der Waals surface area (Å²) >= 11 is 0. The number of ether oxygens (including phenoxy) is 1. The van der Waals surface area contributed by atoms with Crippen LogP contribution >= 0.6 is 0 Å². The van der Waals surface area contributed by atoms with Crippen LogP contribution in [0.2, 0.25) is 0 Å². The van der Waals surface area contributed by atoms with Crippen LogP contribution in [0, 0.1) is 0 Å². The van der Waals surface area contributed by atoms with E-state index in [1.807, 2.05) is 102 Å². The number of carbonyl (C=O) groups is 1. The number of nitrogens with zero attached hydrogens (tertiary/aromatic N) is 3. The summed E-state index contributed by atoms with van der Waals surface area (Å²) in [5.74, 6) is -0.183. The van der Waals surface area contributed by atoms with E-state index in [2.05, 4.69) is 23.1 Å². The first-order valence-corrected chi connectivity index (χ1v) is 15.0. The SMILES string of the molecule is COc1ncc(-c2ccn(OC(=O)O)c2C(C)(C)C)cc1C(c1ccccc1)C(O)(CCN(C)C)c1cccc2ccccc12. The van der Waals surface area contributed by atoms with Gasteiger partial charge in [-0.3, -0.25) is 0 Å². The molecule has 0 saturated heterocycles. The lowest BCUT2D eigenvalue weighted by Crippen LogP contribution is -2.38. The maximum Gasteiger partial charge on any atom is 0.531 e. The molecule has 0 fully saturated rings. The van der Waals surface area contributed by atoms with E-state index in [0.29, 0.717) is 30.1 Å². The topological polar surface area (TPSA) is 97.0 Å². The van der Waals surface area contributed by atoms with Crippen LogP contribution in [0.4, 0.5) is 4.79 Å². The second-order valence-corrected chi connectivity index (χ2v) is 12.7. The number of aromatic nitrogens is 2. The van der Waals surface area contributed by atoms with Crippen LogP contribution in [-0.2, 0) is 11.0 Å². The number of fused-ring (bicyclic) bond motifs is 1. The molecule has 0 aliphatic heterocycles. The molecule has 0 bridgehead atoms. The average molecular weight is 608 g/mol. The highest BCUT2D eigenvalue weighted by Crippen LogP contribution is 2.49. The Morgan fingerprint density at radius 1 is 0.978 bits per heavy atom. The highest BCUT2D eigenvalue weighted by atomic mass is 16.8. The third kappa shape index (κ3) is 6.43. The fourth-order valence-electron chi connectivity index (χ4n) is 6.33. The Hall–Kier alpha value is -4.66. The van der Waals surface area contributed by atoms with Gasteiger partial charge in [0.2, 0.25) is 5.88 Å². The maximum atomic E-state index is 13.3. The molecule has 0 aliphatic carbocycles. The molecule has 8 nitrogen and oxygen atoms in total. The fraction of sp³-hybridized carbons (Fsp3) is 0.297. The quantitative estimate of drug-likeness (QED) is 0.175. The minimum absolute atomic E-state index is 0.398. The molecular formula is C37H41N3O5. The molecule has 8 heteroatoms. The second-order valence-electron chi connectivity index (χ2n) is 12.7. The van der Waals surface area contributed by atoms with E-state index in [0.717, 1.165) is 33.0 Å². The molecule has 0 radical (unpaired) electrons. The van der Waals surface area contributed by atoms with E-state index in [-0.39, 0.29) is 0 Å². The number of pyridine rings is 1. The third-order valence-electron chi connectivity index (χ3n) is 8.24. The molecule has 2 unspecified atom stereocenters. The zero-order valence-electron chi connectivity index (χ0n) is 26.7. The van der Waals surface area contributed by atoms with Crippen LogP contribution in [0.5, 0.6) is 5.88 Å². The van der Waals surface area contributed by atoms with E-state index in [1.54, 1.807) is 19.5 Å². The van der Waals surface area contributed by atoms with Gasteiger partial charge in [-0.25, -0.2) is 9.78 Å². The summed E-state index contributed by atoms with van der Waals surface area (Å²) in [6, 6.07) is 28.0. The molecule has 234 valence electrons. The zero-order chi connectivity index (χ0) is 32.4. The molecule has 0 amide bonds. The van der Waals surface area contributed by atoms with Crippen LogP contribution < -0.4 is 9.57 Å². The summed E-state index contributed by atoms with van der Waals surface area (Å²) < 4.78 is 7.19. The Balaban J connectivity index is 1.81. The van der Waals surface area contributed by atoms with Gasteiger partial charge in [-0.1, -0.05) is 93.6 Å². The normalized spacial score (nSPS) is 13.9. The van der Waals surface area contributed by atoms with Crippen molar-refractivity contribution in [2.45, 2.75) is 44.1 Å². The van der Waals surface area contributed by atoms with Crippen molar-refractivity contribution >= 4 is 16.9 Å². The lowest BCUT2D eigenvalue weighted by Gasteiger charge is -2.39. The van der Waals surface area contributed by atoms with Crippen LogP contribution in [0.25, 0.3) is 21.9 Å². The minimum atomic E-state index is -1.40. The highest BCUT2D eigenvalue weighted by Gasteiger charge is 2.43. The average Bonchev–Trinajstić information content (AvgIpc) is 3.44. The largest absolute Gasteiger partial charge is 0.531 e. The molecular weight excluding hydrogens is 566 g/mol. The second kappa shape index (κ2) is 12.8. The maximum absolute atomic E-state index is 13.3. The number of aliphatic hydroxyl groups is 1. The van der Waals surface area contributed by atoms with Crippen molar-refractivity contribution in [1.29, 1.82) is 0 Å². The summed E-state index contributed by atoms with van der Waals surface area (Å²) in [6.45, 7) is 6.62. The molecule has 45 heavy (non-hydrogen) atoms. The first kappa shape index (κ1) is 31.8. The standard InChI is InChI=1S/C37H41N3O5/c1-36(2,3)33-29(19-21-40(33)45-35(41)42)27-23-30(34(44-6)38-24-27)32(26-14-8-7-9-15-26)37(43,20-22-39(4)5)31-18-12-16-25-13-10-11-17-28(25)31/h7-19,21,23-24,32,43H,20,22H2,1-6H3,(H,41,42). The van der Waals surface area contributed by atoms with Gasteiger partial charge in [-0.2, -0.15) is 4.73 Å². The van der Waals surface area contributed by atoms with Crippen molar-refractivity contribution in [3.05, 3.63) is 120 Å². The monoisotopic (exact) mass is 607 g/mol. The van der Waals surface area contributed by atoms with Gasteiger partial charge in [0.25, 0.3) is 0 Å². The molecule has 0 spiro atoms. The summed E-state index contributed by atoms with van der Waals surface area (Å²) in [5.41, 5.74) is 2.78. The fourth-order valence-corrected chi connectivity index (χ4v) is 6.33. The lowest BCUT2D eigenvalue weighted by atomic mass is 9.70. The number of hydrogen-bond acceptors (Lipinski definition) is 6. The summed E-state index contributed by atoms with van der Waals surface area (Å²) in [6.07, 6.45) is 2.35. The van der Waals surface area contributed by atoms with Crippen LogP contribution in [0.3, 0.4) is 0 Å². The van der Waals surface area contributed by atoms with Crippen molar-refractivity contribution in [2.75, 3.05) is 27.7 Å². The van der Waals surface area contributed by atoms with Gasteiger partial charge in [0.1, 0.15) is 5.60 Å². The van der Waals surface area contributed by atoms with Gasteiger partial charge >= 0.3 is 6.16 Å². The summed E-state index contributed by atoms with van der Waals surface area (Å²) in [5, 5.41) is 24.7. The zero-order valence-corrected chi connectivity index (χ0v) is 26.7. The van der Waals surface area contributed by atoms with Crippen molar-refractivity contribution < 1.29 is 24.6 Å². The molecule has 2 heterocycles. The first-order chi connectivity index (χ1) is 21.4. The van der Waals surface area contributed by atoms with E-state index < -0.39 is 23.1 Å². The number of carboxylic acid groups (broad SMARTS) is 1. The van der Waals surface area contributed by atoms with E-state index in [1.165, 1.54) is 4.73 Å². The Morgan fingerprint density at radius 3 is 2.33 bits per heavy atom. The van der Waals surface area contributed by atoms with Crippen molar-refractivity contribution in [3.63, 3.8) is 0 Å². The van der Waals surface area contributed by atoms with Gasteiger partial charge in [0.15, 0.2) is 0 Å². The van der Waals surface area contributed by atoms with Crippen molar-refractivity contribution in [1.82, 2.24) is 14.6 Å². The van der Waals surface area contributed by atoms with E-state index in [9.17, 15) is 15.0 Å². The summed E-state index contributed by atoms with van der Waals surface area (Å²) in [7, 11) is 5.59. The third-order valence-corrected chi connectivity index (χ3v) is 8.24. The number of benzene rings is 3. The molecule has 0 saturated carbocycles. The predicted octanol–water partition coefficient (Wildman–Crippen LogP) is 7.09. The Labute approximate surface area is 264 Å². The molecule has 2 atom stereocenters. The first-order valence-electron chi connectivity index (χ1n) is 15.0. The molecule has 2 N–H and O–H groups in total. The van der Waals surface area contributed by atoms with E-state index in [4.69, 9.17) is 14.6 Å². The van der Waals surface area contributed by atoms with Crippen molar-refractivity contribution in [2.24, 2.45) is 0 Å².